The van der Waals surface area contributed by atoms with Crippen LogP contribution in [-0.2, 0) is 5.88 Å². The fourth-order valence-corrected chi connectivity index (χ4v) is 2.39. The first kappa shape index (κ1) is 12.5. The number of carbonyl (C=O) groups excluding carboxylic acids is 1. The molecule has 1 heterocycles. The molecule has 1 amide bonds. The third kappa shape index (κ3) is 3.28. The topological polar surface area (TPSA) is 42.0 Å². The number of amides is 1. The molecule has 1 N–H and O–H groups in total. The average molecular weight is 332 g/mol. The predicted octanol–water partition coefficient (Wildman–Crippen LogP) is 3.90. The maximum atomic E-state index is 11.8. The highest BCUT2D eigenvalue weighted by molar-refractivity contribution is 9.10. The Morgan fingerprint density at radius 1 is 1.41 bits per heavy atom. The first-order valence-corrected chi connectivity index (χ1v) is 6.97. The van der Waals surface area contributed by atoms with Gasteiger partial charge >= 0.3 is 0 Å². The van der Waals surface area contributed by atoms with Gasteiger partial charge in [-0.2, -0.15) is 0 Å². The molecule has 0 aliphatic heterocycles. The molecule has 0 saturated carbocycles. The van der Waals surface area contributed by atoms with E-state index in [1.54, 1.807) is 12.1 Å². The summed E-state index contributed by atoms with van der Waals surface area (Å²) in [6, 6.07) is 7.13. The van der Waals surface area contributed by atoms with Crippen molar-refractivity contribution in [1.29, 1.82) is 0 Å². The molecule has 6 heteroatoms. The molecule has 0 aliphatic carbocycles. The number of nitrogens with zero attached hydrogens (tertiary/aromatic N) is 1. The number of thiazole rings is 1. The van der Waals surface area contributed by atoms with Crippen molar-refractivity contribution in [2.75, 3.05) is 5.32 Å². The highest BCUT2D eigenvalue weighted by Gasteiger charge is 2.08. The number of hydrogen-bond acceptors (Lipinski definition) is 3. The highest BCUT2D eigenvalue weighted by atomic mass is 79.9. The Morgan fingerprint density at radius 2 is 2.12 bits per heavy atom. The second kappa shape index (κ2) is 5.62. The van der Waals surface area contributed by atoms with E-state index in [1.165, 1.54) is 11.3 Å². The van der Waals surface area contributed by atoms with Crippen LogP contribution in [0.4, 0.5) is 5.13 Å². The third-order valence-electron chi connectivity index (χ3n) is 2.02. The number of carbonyl (C=O) groups is 1. The van der Waals surface area contributed by atoms with Gasteiger partial charge in [0.15, 0.2) is 5.13 Å². The van der Waals surface area contributed by atoms with Crippen molar-refractivity contribution in [3.05, 3.63) is 45.4 Å². The number of anilines is 1. The summed E-state index contributed by atoms with van der Waals surface area (Å²) in [6.45, 7) is 0. The van der Waals surface area contributed by atoms with Crippen LogP contribution in [0.2, 0.25) is 0 Å². The quantitative estimate of drug-likeness (QED) is 0.867. The van der Waals surface area contributed by atoms with Crippen molar-refractivity contribution in [1.82, 2.24) is 4.98 Å². The average Bonchev–Trinajstić information content (AvgIpc) is 2.77. The molecule has 0 spiro atoms. The van der Waals surface area contributed by atoms with Gasteiger partial charge in [0.2, 0.25) is 0 Å². The van der Waals surface area contributed by atoms with E-state index in [4.69, 9.17) is 11.6 Å². The zero-order chi connectivity index (χ0) is 12.3. The fraction of sp³-hybridized carbons (Fsp3) is 0.0909. The maximum Gasteiger partial charge on any atom is 0.257 e. The molecule has 1 aromatic carbocycles. The Hall–Kier alpha value is -0.910. The summed E-state index contributed by atoms with van der Waals surface area (Å²) >= 11 is 10.3. The molecular formula is C11H8BrClN2OS. The molecule has 2 rings (SSSR count). The Bertz CT molecular complexity index is 527. The molecule has 0 saturated heterocycles. The molecule has 0 aliphatic rings. The Kier molecular flexibility index (Phi) is 4.15. The predicted molar refractivity (Wildman–Crippen MR) is 73.8 cm³/mol. The van der Waals surface area contributed by atoms with E-state index < -0.39 is 0 Å². The zero-order valence-electron chi connectivity index (χ0n) is 8.61. The summed E-state index contributed by atoms with van der Waals surface area (Å²) in [7, 11) is 0. The summed E-state index contributed by atoms with van der Waals surface area (Å²) in [4.78, 5) is 16.0. The minimum Gasteiger partial charge on any atom is -0.298 e. The summed E-state index contributed by atoms with van der Waals surface area (Å²) in [5.41, 5.74) is 1.36. The van der Waals surface area contributed by atoms with Crippen molar-refractivity contribution in [3.63, 3.8) is 0 Å². The summed E-state index contributed by atoms with van der Waals surface area (Å²) < 4.78 is 0.938. The second-order valence-corrected chi connectivity index (χ2v) is 5.28. The molecule has 1 aromatic heterocycles. The van der Waals surface area contributed by atoms with Gasteiger partial charge in [-0.15, -0.1) is 22.9 Å². The minimum absolute atomic E-state index is 0.173. The largest absolute Gasteiger partial charge is 0.298 e. The Labute approximate surface area is 116 Å². The van der Waals surface area contributed by atoms with E-state index in [2.05, 4.69) is 26.2 Å². The molecule has 0 fully saturated rings. The van der Waals surface area contributed by atoms with Gasteiger partial charge in [-0.25, -0.2) is 4.98 Å². The van der Waals surface area contributed by atoms with Gasteiger partial charge in [0.25, 0.3) is 5.91 Å². The lowest BCUT2D eigenvalue weighted by Crippen LogP contribution is -2.11. The Morgan fingerprint density at radius 3 is 2.71 bits per heavy atom. The van der Waals surface area contributed by atoms with Gasteiger partial charge in [0, 0.05) is 15.4 Å². The van der Waals surface area contributed by atoms with Crippen LogP contribution < -0.4 is 5.32 Å². The number of nitrogens with one attached hydrogen (secondary N) is 1. The van der Waals surface area contributed by atoms with Crippen LogP contribution in [-0.4, -0.2) is 10.9 Å². The SMILES string of the molecule is O=C(Nc1nc(CCl)cs1)c1ccc(Br)cc1. The van der Waals surface area contributed by atoms with Gasteiger partial charge in [0.1, 0.15) is 0 Å². The van der Waals surface area contributed by atoms with Crippen molar-refractivity contribution in [2.24, 2.45) is 0 Å². The molecule has 0 unspecified atom stereocenters. The first-order valence-electron chi connectivity index (χ1n) is 4.76. The van der Waals surface area contributed by atoms with Crippen molar-refractivity contribution < 1.29 is 4.79 Å². The second-order valence-electron chi connectivity index (χ2n) is 3.24. The van der Waals surface area contributed by atoms with Crippen LogP contribution in [0.3, 0.4) is 0 Å². The van der Waals surface area contributed by atoms with Gasteiger partial charge in [-0.05, 0) is 24.3 Å². The Balaban J connectivity index is 2.08. The van der Waals surface area contributed by atoms with Gasteiger partial charge in [-0.3, -0.25) is 10.1 Å². The van der Waals surface area contributed by atoms with Crippen LogP contribution in [0.5, 0.6) is 0 Å². The lowest BCUT2D eigenvalue weighted by molar-refractivity contribution is 0.102. The monoisotopic (exact) mass is 330 g/mol. The lowest BCUT2D eigenvalue weighted by Gasteiger charge is -2.01. The van der Waals surface area contributed by atoms with Crippen LogP contribution in [0.25, 0.3) is 0 Å². The molecule has 3 nitrogen and oxygen atoms in total. The molecule has 0 atom stereocenters. The third-order valence-corrected chi connectivity index (χ3v) is 3.62. The normalized spacial score (nSPS) is 10.2. The first-order chi connectivity index (χ1) is 8.19. The summed E-state index contributed by atoms with van der Waals surface area (Å²) in [5.74, 6) is 0.179. The van der Waals surface area contributed by atoms with Gasteiger partial charge < -0.3 is 0 Å². The lowest BCUT2D eigenvalue weighted by atomic mass is 10.2. The van der Waals surface area contributed by atoms with Crippen LogP contribution in [0.15, 0.2) is 34.1 Å². The number of hydrogen-bond donors (Lipinski definition) is 1. The highest BCUT2D eigenvalue weighted by Crippen LogP contribution is 2.18. The smallest absolute Gasteiger partial charge is 0.257 e. The van der Waals surface area contributed by atoms with Gasteiger partial charge in [-0.1, -0.05) is 15.9 Å². The van der Waals surface area contributed by atoms with E-state index in [9.17, 15) is 4.79 Å². The number of aromatic nitrogens is 1. The van der Waals surface area contributed by atoms with Crippen LogP contribution in [0, 0.1) is 0 Å². The van der Waals surface area contributed by atoms with E-state index >= 15 is 0 Å². The summed E-state index contributed by atoms with van der Waals surface area (Å²) in [6.07, 6.45) is 0. The van der Waals surface area contributed by atoms with Gasteiger partial charge in [0.05, 0.1) is 11.6 Å². The number of benzene rings is 1. The van der Waals surface area contributed by atoms with E-state index in [0.29, 0.717) is 16.6 Å². The van der Waals surface area contributed by atoms with Crippen molar-refractivity contribution in [3.8, 4) is 0 Å². The van der Waals surface area contributed by atoms with E-state index in [0.717, 1.165) is 10.2 Å². The number of halogens is 2. The minimum atomic E-state index is -0.173. The van der Waals surface area contributed by atoms with Crippen molar-refractivity contribution in [2.45, 2.75) is 5.88 Å². The van der Waals surface area contributed by atoms with E-state index in [1.807, 2.05) is 17.5 Å². The summed E-state index contributed by atoms with van der Waals surface area (Å²) in [5, 5.41) is 5.11. The zero-order valence-corrected chi connectivity index (χ0v) is 11.8. The number of alkyl halides is 1. The molecular weight excluding hydrogens is 324 g/mol. The molecule has 2 aromatic rings. The maximum absolute atomic E-state index is 11.8. The van der Waals surface area contributed by atoms with Crippen molar-refractivity contribution >= 4 is 49.9 Å². The molecule has 88 valence electrons. The van der Waals surface area contributed by atoms with E-state index in [-0.39, 0.29) is 5.91 Å². The molecule has 17 heavy (non-hydrogen) atoms. The van der Waals surface area contributed by atoms with Crippen LogP contribution >= 0.6 is 38.9 Å². The molecule has 0 radical (unpaired) electrons. The van der Waals surface area contributed by atoms with Crippen LogP contribution in [0.1, 0.15) is 16.1 Å². The fourth-order valence-electron chi connectivity index (χ4n) is 1.20. The molecule has 0 bridgehead atoms. The standard InChI is InChI=1S/C11H8BrClN2OS/c12-8-3-1-7(2-4-8)10(16)15-11-14-9(5-13)6-17-11/h1-4,6H,5H2,(H,14,15,16). The number of rotatable bonds is 3.